The van der Waals surface area contributed by atoms with E-state index in [0.717, 1.165) is 23.9 Å². The predicted octanol–water partition coefficient (Wildman–Crippen LogP) is 3.93. The third kappa shape index (κ3) is 3.01. The minimum atomic E-state index is 0.633. The van der Waals surface area contributed by atoms with Crippen LogP contribution >= 0.6 is 11.3 Å². The van der Waals surface area contributed by atoms with Gasteiger partial charge in [0, 0.05) is 37.3 Å². The molecule has 4 rings (SSSR count). The maximum atomic E-state index is 4.83. The van der Waals surface area contributed by atoms with Gasteiger partial charge in [-0.05, 0) is 24.3 Å². The fraction of sp³-hybridized carbons (Fsp3) is 0.333. The van der Waals surface area contributed by atoms with Gasteiger partial charge in [-0.1, -0.05) is 30.3 Å². The monoisotopic (exact) mass is 324 g/mol. The molecular weight excluding hydrogens is 304 g/mol. The van der Waals surface area contributed by atoms with Gasteiger partial charge in [0.05, 0.1) is 11.9 Å². The number of hydrogen-bond donors (Lipinski definition) is 0. The highest BCUT2D eigenvalue weighted by Crippen LogP contribution is 2.33. The first kappa shape index (κ1) is 14.5. The number of aromatic nitrogens is 3. The van der Waals surface area contributed by atoms with Gasteiger partial charge in [-0.2, -0.15) is 5.10 Å². The molecule has 5 heteroatoms. The minimum Gasteiger partial charge on any atom is -0.348 e. The van der Waals surface area contributed by atoms with Gasteiger partial charge in [-0.15, -0.1) is 11.3 Å². The Morgan fingerprint density at radius 3 is 2.61 bits per heavy atom. The Morgan fingerprint density at radius 2 is 1.91 bits per heavy atom. The molecule has 0 aliphatic carbocycles. The van der Waals surface area contributed by atoms with Crippen molar-refractivity contribution in [1.29, 1.82) is 0 Å². The van der Waals surface area contributed by atoms with Gasteiger partial charge < -0.3 is 4.90 Å². The molecule has 23 heavy (non-hydrogen) atoms. The van der Waals surface area contributed by atoms with Gasteiger partial charge in [0.15, 0.2) is 5.13 Å². The summed E-state index contributed by atoms with van der Waals surface area (Å²) in [6.07, 6.45) is 6.51. The molecule has 118 valence electrons. The number of anilines is 1. The van der Waals surface area contributed by atoms with Crippen LogP contribution in [0.25, 0.3) is 11.3 Å². The summed E-state index contributed by atoms with van der Waals surface area (Å²) in [5.74, 6) is 0.633. The summed E-state index contributed by atoms with van der Waals surface area (Å²) in [4.78, 5) is 7.25. The largest absolute Gasteiger partial charge is 0.348 e. The van der Waals surface area contributed by atoms with Crippen molar-refractivity contribution in [3.05, 3.63) is 53.7 Å². The van der Waals surface area contributed by atoms with E-state index in [0.29, 0.717) is 5.92 Å². The van der Waals surface area contributed by atoms with Crippen LogP contribution in [-0.2, 0) is 7.05 Å². The maximum absolute atomic E-state index is 4.83. The molecule has 0 saturated carbocycles. The topological polar surface area (TPSA) is 34.0 Å². The Labute approximate surface area is 140 Å². The first-order chi connectivity index (χ1) is 11.3. The highest BCUT2D eigenvalue weighted by atomic mass is 32.1. The number of hydrogen-bond acceptors (Lipinski definition) is 4. The average molecular weight is 324 g/mol. The molecule has 0 bridgehead atoms. The van der Waals surface area contributed by atoms with E-state index in [1.807, 2.05) is 24.0 Å². The Bertz CT molecular complexity index is 769. The summed E-state index contributed by atoms with van der Waals surface area (Å²) in [7, 11) is 1.99. The fourth-order valence-corrected chi connectivity index (χ4v) is 4.09. The maximum Gasteiger partial charge on any atom is 0.185 e. The third-order valence-electron chi connectivity index (χ3n) is 4.52. The molecule has 1 aliphatic heterocycles. The van der Waals surface area contributed by atoms with Crippen LogP contribution in [0.4, 0.5) is 5.13 Å². The number of rotatable bonds is 3. The lowest BCUT2D eigenvalue weighted by atomic mass is 9.92. The number of aryl methyl sites for hydroxylation is 1. The number of nitrogens with zero attached hydrogens (tertiary/aromatic N) is 4. The van der Waals surface area contributed by atoms with E-state index >= 15 is 0 Å². The van der Waals surface area contributed by atoms with Crippen LogP contribution in [0, 0.1) is 0 Å². The standard InChI is InChI=1S/C18H20N4S/c1-21-12-16(11-19-21)14-7-9-22(10-8-14)18-20-17(13-23-18)15-5-3-2-4-6-15/h2-6,11-14H,7-10H2,1H3. The van der Waals surface area contributed by atoms with Gasteiger partial charge >= 0.3 is 0 Å². The van der Waals surface area contributed by atoms with E-state index in [4.69, 9.17) is 4.98 Å². The summed E-state index contributed by atoms with van der Waals surface area (Å²) >= 11 is 1.75. The molecule has 0 radical (unpaired) electrons. The van der Waals surface area contributed by atoms with Crippen molar-refractivity contribution < 1.29 is 0 Å². The molecule has 1 fully saturated rings. The second-order valence-electron chi connectivity index (χ2n) is 6.09. The lowest BCUT2D eigenvalue weighted by molar-refractivity contribution is 0.505. The minimum absolute atomic E-state index is 0.633. The zero-order chi connectivity index (χ0) is 15.6. The third-order valence-corrected chi connectivity index (χ3v) is 5.42. The van der Waals surface area contributed by atoms with Crippen LogP contribution in [0.1, 0.15) is 24.3 Å². The zero-order valence-corrected chi connectivity index (χ0v) is 14.0. The van der Waals surface area contributed by atoms with Gasteiger partial charge in [0.2, 0.25) is 0 Å². The highest BCUT2D eigenvalue weighted by Gasteiger charge is 2.23. The molecule has 0 N–H and O–H groups in total. The molecule has 0 spiro atoms. The van der Waals surface area contributed by atoms with Gasteiger partial charge in [-0.3, -0.25) is 4.68 Å². The Morgan fingerprint density at radius 1 is 1.13 bits per heavy atom. The fourth-order valence-electron chi connectivity index (χ4n) is 3.21. The van der Waals surface area contributed by atoms with E-state index in [9.17, 15) is 0 Å². The van der Waals surface area contributed by atoms with Gasteiger partial charge in [-0.25, -0.2) is 4.98 Å². The molecule has 3 aromatic rings. The van der Waals surface area contributed by atoms with Crippen LogP contribution < -0.4 is 4.90 Å². The molecule has 0 atom stereocenters. The Kier molecular flexibility index (Phi) is 3.87. The van der Waals surface area contributed by atoms with Gasteiger partial charge in [0.1, 0.15) is 0 Å². The SMILES string of the molecule is Cn1cc(C2CCN(c3nc(-c4ccccc4)cs3)CC2)cn1. The lowest BCUT2D eigenvalue weighted by Crippen LogP contribution is -2.32. The second kappa shape index (κ2) is 6.16. The van der Waals surface area contributed by atoms with E-state index < -0.39 is 0 Å². The molecule has 1 saturated heterocycles. The zero-order valence-electron chi connectivity index (χ0n) is 13.2. The Balaban J connectivity index is 1.44. The molecule has 0 unspecified atom stereocenters. The van der Waals surface area contributed by atoms with Crippen molar-refractivity contribution in [3.63, 3.8) is 0 Å². The molecular formula is C18H20N4S. The number of benzene rings is 1. The lowest BCUT2D eigenvalue weighted by Gasteiger charge is -2.31. The summed E-state index contributed by atoms with van der Waals surface area (Å²) < 4.78 is 1.90. The number of thiazole rings is 1. The molecule has 2 aromatic heterocycles. The quantitative estimate of drug-likeness (QED) is 0.732. The van der Waals surface area contributed by atoms with E-state index in [1.54, 1.807) is 11.3 Å². The average Bonchev–Trinajstić information content (AvgIpc) is 3.25. The highest BCUT2D eigenvalue weighted by molar-refractivity contribution is 7.14. The van der Waals surface area contributed by atoms with Crippen molar-refractivity contribution in [2.75, 3.05) is 18.0 Å². The van der Waals surface area contributed by atoms with Crippen molar-refractivity contribution in [2.24, 2.45) is 7.05 Å². The summed E-state index contributed by atoms with van der Waals surface area (Å²) in [5.41, 5.74) is 3.65. The van der Waals surface area contributed by atoms with Gasteiger partial charge in [0.25, 0.3) is 0 Å². The van der Waals surface area contributed by atoms with Crippen LogP contribution in [-0.4, -0.2) is 27.9 Å². The number of piperidine rings is 1. The first-order valence-corrected chi connectivity index (χ1v) is 8.92. The van der Waals surface area contributed by atoms with E-state index in [2.05, 4.69) is 45.8 Å². The molecule has 4 nitrogen and oxygen atoms in total. The van der Waals surface area contributed by atoms with Crippen molar-refractivity contribution in [1.82, 2.24) is 14.8 Å². The van der Waals surface area contributed by atoms with Crippen molar-refractivity contribution in [3.8, 4) is 11.3 Å². The van der Waals surface area contributed by atoms with E-state index in [1.165, 1.54) is 24.0 Å². The smallest absolute Gasteiger partial charge is 0.185 e. The first-order valence-electron chi connectivity index (χ1n) is 8.04. The Hall–Kier alpha value is -2.14. The summed E-state index contributed by atoms with van der Waals surface area (Å²) in [6, 6.07) is 10.4. The molecule has 0 amide bonds. The van der Waals surface area contributed by atoms with Crippen LogP contribution in [0.5, 0.6) is 0 Å². The summed E-state index contributed by atoms with van der Waals surface area (Å²) in [5, 5.41) is 7.61. The molecule has 1 aliphatic rings. The van der Waals surface area contributed by atoms with Crippen LogP contribution in [0.15, 0.2) is 48.1 Å². The van der Waals surface area contributed by atoms with Crippen molar-refractivity contribution in [2.45, 2.75) is 18.8 Å². The van der Waals surface area contributed by atoms with Crippen LogP contribution in [0.2, 0.25) is 0 Å². The van der Waals surface area contributed by atoms with Crippen molar-refractivity contribution >= 4 is 16.5 Å². The molecule has 1 aromatic carbocycles. The predicted molar refractivity (Wildman–Crippen MR) is 94.9 cm³/mol. The second-order valence-corrected chi connectivity index (χ2v) is 6.93. The normalized spacial score (nSPS) is 16.0. The summed E-state index contributed by atoms with van der Waals surface area (Å²) in [6.45, 7) is 2.14. The molecule has 3 heterocycles. The van der Waals surface area contributed by atoms with Crippen LogP contribution in [0.3, 0.4) is 0 Å². The van der Waals surface area contributed by atoms with E-state index in [-0.39, 0.29) is 0 Å².